The van der Waals surface area contributed by atoms with Crippen LogP contribution >= 0.6 is 11.8 Å². The minimum atomic E-state index is -0.467. The SMILES string of the molecule is COc1cc([N+](=O)[O-])ccc1Sc1nnnn1-c1ccccc1. The van der Waals surface area contributed by atoms with E-state index >= 15 is 0 Å². The zero-order chi connectivity index (χ0) is 16.2. The van der Waals surface area contributed by atoms with E-state index in [4.69, 9.17) is 4.74 Å². The number of rotatable bonds is 5. The number of nitro groups is 1. The highest BCUT2D eigenvalue weighted by Crippen LogP contribution is 2.36. The number of hydrogen-bond acceptors (Lipinski definition) is 7. The molecule has 0 aliphatic heterocycles. The van der Waals surface area contributed by atoms with E-state index in [2.05, 4.69) is 15.5 Å². The summed E-state index contributed by atoms with van der Waals surface area (Å²) in [4.78, 5) is 11.1. The van der Waals surface area contributed by atoms with Crippen molar-refractivity contribution in [3.63, 3.8) is 0 Å². The van der Waals surface area contributed by atoms with Crippen LogP contribution in [0.5, 0.6) is 5.75 Å². The molecular weight excluding hydrogens is 318 g/mol. The van der Waals surface area contributed by atoms with Crippen molar-refractivity contribution in [1.82, 2.24) is 20.2 Å². The zero-order valence-corrected chi connectivity index (χ0v) is 12.8. The van der Waals surface area contributed by atoms with Crippen molar-refractivity contribution in [2.45, 2.75) is 10.1 Å². The van der Waals surface area contributed by atoms with Gasteiger partial charge in [-0.25, -0.2) is 0 Å². The minimum absolute atomic E-state index is 0.0335. The zero-order valence-electron chi connectivity index (χ0n) is 12.0. The largest absolute Gasteiger partial charge is 0.495 e. The third-order valence-electron chi connectivity index (χ3n) is 3.00. The van der Waals surface area contributed by atoms with Gasteiger partial charge in [-0.15, -0.1) is 5.10 Å². The first-order chi connectivity index (χ1) is 11.2. The Bertz CT molecular complexity index is 837. The summed E-state index contributed by atoms with van der Waals surface area (Å²) >= 11 is 1.27. The average molecular weight is 329 g/mol. The molecule has 0 spiro atoms. The first-order valence-electron chi connectivity index (χ1n) is 6.53. The summed E-state index contributed by atoms with van der Waals surface area (Å²) in [5, 5.41) is 23.0. The fraction of sp³-hybridized carbons (Fsp3) is 0.0714. The van der Waals surface area contributed by atoms with Crippen LogP contribution in [0.3, 0.4) is 0 Å². The predicted molar refractivity (Wildman–Crippen MR) is 82.9 cm³/mol. The Labute approximate surface area is 135 Å². The molecule has 2 aromatic carbocycles. The molecule has 9 heteroatoms. The second-order valence-electron chi connectivity index (χ2n) is 4.40. The van der Waals surface area contributed by atoms with Crippen LogP contribution in [0.15, 0.2) is 58.6 Å². The van der Waals surface area contributed by atoms with Crippen LogP contribution in [0.2, 0.25) is 0 Å². The standard InChI is InChI=1S/C14H11N5O3S/c1-22-12-9-11(19(20)21)7-8-13(12)23-14-15-16-17-18(14)10-5-3-2-4-6-10/h2-9H,1H3. The molecule has 0 N–H and O–H groups in total. The van der Waals surface area contributed by atoms with Crippen molar-refractivity contribution in [3.05, 3.63) is 58.6 Å². The molecule has 0 saturated carbocycles. The van der Waals surface area contributed by atoms with Gasteiger partial charge < -0.3 is 4.74 Å². The number of methoxy groups -OCH3 is 1. The smallest absolute Gasteiger partial charge is 0.273 e. The molecule has 3 rings (SSSR count). The van der Waals surface area contributed by atoms with Gasteiger partial charge in [0.25, 0.3) is 5.69 Å². The Morgan fingerprint density at radius 3 is 2.70 bits per heavy atom. The Hall–Kier alpha value is -2.94. The van der Waals surface area contributed by atoms with E-state index in [1.165, 1.54) is 31.0 Å². The minimum Gasteiger partial charge on any atom is -0.495 e. The second-order valence-corrected chi connectivity index (χ2v) is 5.41. The van der Waals surface area contributed by atoms with Crippen molar-refractivity contribution in [2.24, 2.45) is 0 Å². The van der Waals surface area contributed by atoms with Crippen molar-refractivity contribution in [1.29, 1.82) is 0 Å². The highest BCUT2D eigenvalue weighted by atomic mass is 32.2. The lowest BCUT2D eigenvalue weighted by Gasteiger charge is -2.08. The maximum Gasteiger partial charge on any atom is 0.273 e. The van der Waals surface area contributed by atoms with Crippen LogP contribution in [-0.2, 0) is 0 Å². The van der Waals surface area contributed by atoms with Crippen LogP contribution < -0.4 is 4.74 Å². The summed E-state index contributed by atoms with van der Waals surface area (Å²) < 4.78 is 6.82. The number of nitro benzene ring substituents is 1. The number of nitrogens with zero attached hydrogens (tertiary/aromatic N) is 5. The van der Waals surface area contributed by atoms with E-state index in [1.54, 1.807) is 10.7 Å². The van der Waals surface area contributed by atoms with Gasteiger partial charge in [0.15, 0.2) is 0 Å². The van der Waals surface area contributed by atoms with Gasteiger partial charge in [-0.2, -0.15) is 4.68 Å². The number of hydrogen-bond donors (Lipinski definition) is 0. The van der Waals surface area contributed by atoms with Crippen LogP contribution in [0.25, 0.3) is 5.69 Å². The summed E-state index contributed by atoms with van der Waals surface area (Å²) in [6.45, 7) is 0. The van der Waals surface area contributed by atoms with Gasteiger partial charge >= 0.3 is 0 Å². The number of ether oxygens (including phenoxy) is 1. The van der Waals surface area contributed by atoms with Gasteiger partial charge in [-0.1, -0.05) is 18.2 Å². The Balaban J connectivity index is 1.95. The molecule has 23 heavy (non-hydrogen) atoms. The fourth-order valence-corrected chi connectivity index (χ4v) is 2.81. The number of aromatic nitrogens is 4. The van der Waals surface area contributed by atoms with Crippen molar-refractivity contribution in [2.75, 3.05) is 7.11 Å². The summed E-state index contributed by atoms with van der Waals surface area (Å²) in [5.41, 5.74) is 0.787. The molecule has 1 aromatic heterocycles. The molecule has 0 unspecified atom stereocenters. The highest BCUT2D eigenvalue weighted by Gasteiger charge is 2.16. The third kappa shape index (κ3) is 3.14. The lowest BCUT2D eigenvalue weighted by Crippen LogP contribution is -1.99. The van der Waals surface area contributed by atoms with Gasteiger partial charge in [0.05, 0.1) is 28.7 Å². The molecule has 0 aliphatic carbocycles. The van der Waals surface area contributed by atoms with Crippen LogP contribution in [0.1, 0.15) is 0 Å². The molecule has 0 radical (unpaired) electrons. The Morgan fingerprint density at radius 2 is 2.00 bits per heavy atom. The summed E-state index contributed by atoms with van der Waals surface area (Å²) in [7, 11) is 1.46. The molecule has 0 aliphatic rings. The molecule has 116 valence electrons. The van der Waals surface area contributed by atoms with Crippen molar-refractivity contribution in [3.8, 4) is 11.4 Å². The maximum atomic E-state index is 10.8. The van der Waals surface area contributed by atoms with Crippen LogP contribution in [0.4, 0.5) is 5.69 Å². The number of benzene rings is 2. The first kappa shape index (κ1) is 15.0. The molecule has 0 atom stereocenters. The van der Waals surface area contributed by atoms with E-state index in [1.807, 2.05) is 30.3 Å². The van der Waals surface area contributed by atoms with Crippen LogP contribution in [0, 0.1) is 10.1 Å². The maximum absolute atomic E-state index is 10.8. The summed E-state index contributed by atoms with van der Waals surface area (Å²) in [5.74, 6) is 0.395. The number of tetrazole rings is 1. The van der Waals surface area contributed by atoms with E-state index < -0.39 is 4.92 Å². The average Bonchev–Trinajstić information content (AvgIpc) is 3.04. The summed E-state index contributed by atoms with van der Waals surface area (Å²) in [6, 6.07) is 13.9. The van der Waals surface area contributed by atoms with Gasteiger partial charge in [-0.05, 0) is 40.4 Å². The van der Waals surface area contributed by atoms with Crippen molar-refractivity contribution < 1.29 is 9.66 Å². The first-order valence-corrected chi connectivity index (χ1v) is 7.35. The topological polar surface area (TPSA) is 96.0 Å². The molecule has 0 bridgehead atoms. The van der Waals surface area contributed by atoms with Crippen molar-refractivity contribution >= 4 is 17.4 Å². The normalized spacial score (nSPS) is 10.5. The lowest BCUT2D eigenvalue weighted by atomic mass is 10.3. The molecule has 0 saturated heterocycles. The molecule has 0 fully saturated rings. The third-order valence-corrected chi connectivity index (χ3v) is 4.00. The van der Waals surface area contributed by atoms with Gasteiger partial charge in [0.1, 0.15) is 5.75 Å². The monoisotopic (exact) mass is 329 g/mol. The number of non-ortho nitro benzene ring substituents is 1. The van der Waals surface area contributed by atoms with Gasteiger partial charge in [0, 0.05) is 6.07 Å². The molecular formula is C14H11N5O3S. The quantitative estimate of drug-likeness (QED) is 0.524. The number of para-hydroxylation sites is 1. The van der Waals surface area contributed by atoms with Gasteiger partial charge in [-0.3, -0.25) is 10.1 Å². The molecule has 0 amide bonds. The predicted octanol–water partition coefficient (Wildman–Crippen LogP) is 2.73. The van der Waals surface area contributed by atoms with E-state index in [-0.39, 0.29) is 5.69 Å². The van der Waals surface area contributed by atoms with Gasteiger partial charge in [0.2, 0.25) is 5.16 Å². The lowest BCUT2D eigenvalue weighted by molar-refractivity contribution is -0.385. The second kappa shape index (κ2) is 6.44. The molecule has 1 heterocycles. The van der Waals surface area contributed by atoms with E-state index in [9.17, 15) is 10.1 Å². The Morgan fingerprint density at radius 1 is 1.22 bits per heavy atom. The molecule has 3 aromatic rings. The molecule has 8 nitrogen and oxygen atoms in total. The Kier molecular flexibility index (Phi) is 4.20. The highest BCUT2D eigenvalue weighted by molar-refractivity contribution is 7.99. The van der Waals surface area contributed by atoms with E-state index in [0.717, 1.165) is 5.69 Å². The van der Waals surface area contributed by atoms with Crippen LogP contribution in [-0.4, -0.2) is 32.2 Å². The summed E-state index contributed by atoms with van der Waals surface area (Å²) in [6.07, 6.45) is 0. The van der Waals surface area contributed by atoms with E-state index in [0.29, 0.717) is 15.8 Å². The fourth-order valence-electron chi connectivity index (χ4n) is 1.93.